The molecule has 0 aromatic carbocycles. The van der Waals surface area contributed by atoms with E-state index in [0.717, 1.165) is 26.1 Å². The van der Waals surface area contributed by atoms with Gasteiger partial charge in [-0.25, -0.2) is 0 Å². The molecular weight excluding hydrogens is 176 g/mol. The van der Waals surface area contributed by atoms with E-state index in [2.05, 4.69) is 4.90 Å². The van der Waals surface area contributed by atoms with Crippen LogP contribution in [0.4, 0.5) is 0 Å². The summed E-state index contributed by atoms with van der Waals surface area (Å²) in [7, 11) is 0. The first-order chi connectivity index (χ1) is 4.97. The van der Waals surface area contributed by atoms with Crippen molar-refractivity contribution in [1.82, 2.24) is 4.90 Å². The van der Waals surface area contributed by atoms with Crippen LogP contribution in [0.15, 0.2) is 0 Å². The van der Waals surface area contributed by atoms with Crippen LogP contribution >= 0.6 is 12.4 Å². The minimum absolute atomic E-state index is 0. The van der Waals surface area contributed by atoms with Crippen LogP contribution in [-0.4, -0.2) is 41.3 Å². The van der Waals surface area contributed by atoms with Crippen molar-refractivity contribution in [2.45, 2.75) is 31.9 Å². The molecular formula is C8H19ClN2O. The van der Waals surface area contributed by atoms with Gasteiger partial charge < -0.3 is 10.8 Å². The Kier molecular flexibility index (Phi) is 4.48. The Hall–Kier alpha value is 0.170. The molecule has 74 valence electrons. The number of likely N-dealkylation sites (tertiary alicyclic amines) is 1. The molecule has 1 aliphatic rings. The van der Waals surface area contributed by atoms with Gasteiger partial charge >= 0.3 is 0 Å². The first kappa shape index (κ1) is 12.2. The largest absolute Gasteiger partial charge is 0.392 e. The zero-order valence-electron chi connectivity index (χ0n) is 7.79. The molecule has 0 saturated carbocycles. The third kappa shape index (κ3) is 4.26. The van der Waals surface area contributed by atoms with Gasteiger partial charge in [-0.05, 0) is 20.3 Å². The van der Waals surface area contributed by atoms with E-state index in [1.54, 1.807) is 0 Å². The molecule has 3 N–H and O–H groups in total. The monoisotopic (exact) mass is 194 g/mol. The summed E-state index contributed by atoms with van der Waals surface area (Å²) in [5, 5.41) is 9.21. The first-order valence-electron chi connectivity index (χ1n) is 4.17. The Bertz CT molecular complexity index is 136. The van der Waals surface area contributed by atoms with Crippen molar-refractivity contribution in [3.8, 4) is 0 Å². The van der Waals surface area contributed by atoms with Gasteiger partial charge in [-0.15, -0.1) is 12.4 Å². The quantitative estimate of drug-likeness (QED) is 0.661. The third-order valence-electron chi connectivity index (χ3n) is 1.88. The lowest BCUT2D eigenvalue weighted by atomic mass is 10.1. The number of halogens is 1. The number of aliphatic hydroxyl groups is 1. The van der Waals surface area contributed by atoms with Crippen molar-refractivity contribution >= 4 is 12.4 Å². The van der Waals surface area contributed by atoms with E-state index in [9.17, 15) is 5.11 Å². The molecule has 0 amide bonds. The Morgan fingerprint density at radius 1 is 1.58 bits per heavy atom. The zero-order valence-corrected chi connectivity index (χ0v) is 8.60. The molecule has 1 heterocycles. The number of aliphatic hydroxyl groups excluding tert-OH is 1. The highest BCUT2D eigenvalue weighted by Crippen LogP contribution is 2.11. The van der Waals surface area contributed by atoms with Crippen molar-refractivity contribution in [1.29, 1.82) is 0 Å². The van der Waals surface area contributed by atoms with Gasteiger partial charge in [0, 0.05) is 25.2 Å². The van der Waals surface area contributed by atoms with Gasteiger partial charge in [-0.2, -0.15) is 0 Å². The summed E-state index contributed by atoms with van der Waals surface area (Å²) in [5.41, 5.74) is 5.70. The normalized spacial score (nSPS) is 25.5. The third-order valence-corrected chi connectivity index (χ3v) is 1.88. The molecule has 0 spiro atoms. The van der Waals surface area contributed by atoms with Gasteiger partial charge in [-0.1, -0.05) is 0 Å². The van der Waals surface area contributed by atoms with Gasteiger partial charge in [-0.3, -0.25) is 4.90 Å². The number of rotatable bonds is 2. The fourth-order valence-electron chi connectivity index (χ4n) is 1.53. The van der Waals surface area contributed by atoms with Gasteiger partial charge in [0.25, 0.3) is 0 Å². The van der Waals surface area contributed by atoms with E-state index >= 15 is 0 Å². The number of hydrogen-bond donors (Lipinski definition) is 2. The molecule has 0 radical (unpaired) electrons. The van der Waals surface area contributed by atoms with Crippen LogP contribution in [0.3, 0.4) is 0 Å². The summed E-state index contributed by atoms with van der Waals surface area (Å²) < 4.78 is 0. The van der Waals surface area contributed by atoms with Crippen molar-refractivity contribution in [2.75, 3.05) is 19.6 Å². The molecule has 1 rings (SSSR count). The molecule has 0 bridgehead atoms. The fraction of sp³-hybridized carbons (Fsp3) is 1.00. The summed E-state index contributed by atoms with van der Waals surface area (Å²) in [6.45, 7) is 6.68. The van der Waals surface area contributed by atoms with E-state index in [4.69, 9.17) is 5.73 Å². The van der Waals surface area contributed by atoms with Crippen molar-refractivity contribution in [3.63, 3.8) is 0 Å². The maximum absolute atomic E-state index is 9.21. The van der Waals surface area contributed by atoms with Crippen LogP contribution in [0, 0.1) is 0 Å². The van der Waals surface area contributed by atoms with E-state index in [0.29, 0.717) is 0 Å². The summed E-state index contributed by atoms with van der Waals surface area (Å²) >= 11 is 0. The predicted octanol–water partition coefficient (Wildman–Crippen LogP) is 0.212. The Labute approximate surface area is 80.3 Å². The van der Waals surface area contributed by atoms with E-state index in [1.165, 1.54) is 0 Å². The fourth-order valence-corrected chi connectivity index (χ4v) is 1.53. The number of nitrogens with zero attached hydrogens (tertiary/aromatic N) is 1. The number of β-amino-alcohol motifs (C(OH)–C–C–N with tert-alkyl or cyclic N) is 1. The summed E-state index contributed by atoms with van der Waals surface area (Å²) in [5.74, 6) is 0. The average Bonchev–Trinajstić information content (AvgIpc) is 2.10. The standard InChI is InChI=1S/C8H18N2O.ClH/c1-8(2,9)6-10-4-3-7(11)5-10;/h7,11H,3-6,9H2,1-2H3;1H/t7-;/m1./s1. The average molecular weight is 195 g/mol. The molecule has 0 aliphatic carbocycles. The topological polar surface area (TPSA) is 49.5 Å². The van der Waals surface area contributed by atoms with Gasteiger partial charge in [0.2, 0.25) is 0 Å². The molecule has 4 heteroatoms. The SMILES string of the molecule is CC(C)(N)CN1CC[C@@H](O)C1.Cl. The lowest BCUT2D eigenvalue weighted by Crippen LogP contribution is -2.44. The smallest absolute Gasteiger partial charge is 0.0679 e. The lowest BCUT2D eigenvalue weighted by Gasteiger charge is -2.25. The Balaban J connectivity index is 0.00000121. The lowest BCUT2D eigenvalue weighted by molar-refractivity contribution is 0.169. The van der Waals surface area contributed by atoms with Crippen molar-refractivity contribution < 1.29 is 5.11 Å². The Morgan fingerprint density at radius 3 is 2.50 bits per heavy atom. The second-order valence-corrected chi connectivity index (χ2v) is 4.17. The minimum atomic E-state index is -0.135. The van der Waals surface area contributed by atoms with E-state index in [-0.39, 0.29) is 24.0 Å². The highest BCUT2D eigenvalue weighted by molar-refractivity contribution is 5.85. The molecule has 3 nitrogen and oxygen atoms in total. The maximum atomic E-state index is 9.21. The summed E-state index contributed by atoms with van der Waals surface area (Å²) in [6.07, 6.45) is 0.771. The summed E-state index contributed by atoms with van der Waals surface area (Å²) in [6, 6.07) is 0. The van der Waals surface area contributed by atoms with Crippen molar-refractivity contribution in [3.05, 3.63) is 0 Å². The first-order valence-corrected chi connectivity index (χ1v) is 4.17. The van der Waals surface area contributed by atoms with Crippen molar-refractivity contribution in [2.24, 2.45) is 5.73 Å². The molecule has 0 aromatic rings. The van der Waals surface area contributed by atoms with Crippen LogP contribution in [-0.2, 0) is 0 Å². The van der Waals surface area contributed by atoms with Crippen LogP contribution in [0.2, 0.25) is 0 Å². The molecule has 0 unspecified atom stereocenters. The number of nitrogens with two attached hydrogens (primary N) is 1. The van der Waals surface area contributed by atoms with E-state index < -0.39 is 0 Å². The molecule has 1 atom stereocenters. The van der Waals surface area contributed by atoms with Gasteiger partial charge in [0.1, 0.15) is 0 Å². The molecule has 12 heavy (non-hydrogen) atoms. The zero-order chi connectivity index (χ0) is 8.48. The molecule has 1 fully saturated rings. The highest BCUT2D eigenvalue weighted by Gasteiger charge is 2.24. The van der Waals surface area contributed by atoms with Gasteiger partial charge in [0.15, 0.2) is 0 Å². The molecule has 1 aliphatic heterocycles. The number of hydrogen-bond acceptors (Lipinski definition) is 3. The predicted molar refractivity (Wildman–Crippen MR) is 52.6 cm³/mol. The minimum Gasteiger partial charge on any atom is -0.392 e. The summed E-state index contributed by atoms with van der Waals surface area (Å²) in [4.78, 5) is 2.21. The van der Waals surface area contributed by atoms with Crippen LogP contribution in [0.1, 0.15) is 20.3 Å². The molecule has 0 aromatic heterocycles. The second-order valence-electron chi connectivity index (χ2n) is 4.17. The Morgan fingerprint density at radius 2 is 2.17 bits per heavy atom. The van der Waals surface area contributed by atoms with E-state index in [1.807, 2.05) is 13.8 Å². The van der Waals surface area contributed by atoms with Crippen LogP contribution in [0.5, 0.6) is 0 Å². The van der Waals surface area contributed by atoms with Crippen LogP contribution < -0.4 is 5.73 Å². The maximum Gasteiger partial charge on any atom is 0.0679 e. The van der Waals surface area contributed by atoms with Gasteiger partial charge in [0.05, 0.1) is 6.10 Å². The molecule has 1 saturated heterocycles. The second kappa shape index (κ2) is 4.42. The highest BCUT2D eigenvalue weighted by atomic mass is 35.5. The van der Waals surface area contributed by atoms with Crippen LogP contribution in [0.25, 0.3) is 0 Å².